The van der Waals surface area contributed by atoms with Crippen LogP contribution in [0.3, 0.4) is 0 Å². The van der Waals surface area contributed by atoms with Crippen LogP contribution in [0.15, 0.2) is 18.2 Å². The van der Waals surface area contributed by atoms with Crippen molar-refractivity contribution in [2.75, 3.05) is 26.8 Å². The summed E-state index contributed by atoms with van der Waals surface area (Å²) >= 11 is 11.8. The van der Waals surface area contributed by atoms with Crippen LogP contribution in [-0.4, -0.2) is 32.6 Å². The number of ether oxygens (including phenoxy) is 1. The van der Waals surface area contributed by atoms with Gasteiger partial charge in [0.2, 0.25) is 0 Å². The number of methoxy groups -OCH3 is 1. The van der Waals surface area contributed by atoms with E-state index >= 15 is 0 Å². The highest BCUT2D eigenvalue weighted by atomic mass is 35.5. The Labute approximate surface area is 111 Å². The Kier molecular flexibility index (Phi) is 6.52. The third kappa shape index (κ3) is 5.50. The third-order valence-corrected chi connectivity index (χ3v) is 2.79. The van der Waals surface area contributed by atoms with E-state index in [2.05, 4.69) is 5.32 Å². The Bertz CT molecular complexity index is 383. The number of hydrogen-bond acceptors (Lipinski definition) is 3. The number of ketones is 1. The van der Waals surface area contributed by atoms with Gasteiger partial charge in [0.05, 0.1) is 13.2 Å². The van der Waals surface area contributed by atoms with E-state index < -0.39 is 0 Å². The maximum Gasteiger partial charge on any atom is 0.151 e. The summed E-state index contributed by atoms with van der Waals surface area (Å²) in [7, 11) is 1.62. The maximum absolute atomic E-state index is 11.6. The van der Waals surface area contributed by atoms with E-state index in [0.29, 0.717) is 36.2 Å². The second-order valence-electron chi connectivity index (χ2n) is 3.62. The van der Waals surface area contributed by atoms with Crippen LogP contribution < -0.4 is 5.32 Å². The van der Waals surface area contributed by atoms with Crippen molar-refractivity contribution >= 4 is 29.0 Å². The van der Waals surface area contributed by atoms with Gasteiger partial charge in [0.25, 0.3) is 0 Å². The number of halogens is 2. The maximum atomic E-state index is 11.6. The van der Waals surface area contributed by atoms with Crippen molar-refractivity contribution in [3.63, 3.8) is 0 Å². The van der Waals surface area contributed by atoms with Crippen LogP contribution >= 0.6 is 23.2 Å². The molecule has 0 amide bonds. The number of carbonyl (C=O) groups is 1. The second-order valence-corrected chi connectivity index (χ2v) is 4.46. The van der Waals surface area contributed by atoms with Crippen molar-refractivity contribution in [2.24, 2.45) is 0 Å². The smallest absolute Gasteiger partial charge is 0.151 e. The van der Waals surface area contributed by atoms with Crippen LogP contribution in [0.5, 0.6) is 0 Å². The molecule has 0 aliphatic heterocycles. The number of carbonyl (C=O) groups excluding carboxylic acids is 1. The molecule has 0 radical (unpaired) electrons. The van der Waals surface area contributed by atoms with Crippen LogP contribution in [0.4, 0.5) is 0 Å². The Hall–Kier alpha value is -0.610. The molecule has 3 nitrogen and oxygen atoms in total. The zero-order valence-corrected chi connectivity index (χ0v) is 11.1. The van der Waals surface area contributed by atoms with Crippen LogP contribution in [-0.2, 0) is 16.0 Å². The van der Waals surface area contributed by atoms with Crippen LogP contribution in [0.1, 0.15) is 5.56 Å². The molecule has 0 aromatic heterocycles. The van der Waals surface area contributed by atoms with Crippen molar-refractivity contribution in [3.05, 3.63) is 33.8 Å². The first-order valence-corrected chi connectivity index (χ1v) is 6.04. The fourth-order valence-corrected chi connectivity index (χ4v) is 1.82. The minimum Gasteiger partial charge on any atom is -0.383 e. The van der Waals surface area contributed by atoms with Gasteiger partial charge in [-0.05, 0) is 17.7 Å². The molecule has 1 N–H and O–H groups in total. The fraction of sp³-hybridized carbons (Fsp3) is 0.417. The first-order chi connectivity index (χ1) is 8.13. The largest absolute Gasteiger partial charge is 0.383 e. The normalized spacial score (nSPS) is 10.5. The molecular weight excluding hydrogens is 261 g/mol. The highest BCUT2D eigenvalue weighted by molar-refractivity contribution is 6.35. The van der Waals surface area contributed by atoms with Crippen molar-refractivity contribution in [1.82, 2.24) is 5.32 Å². The van der Waals surface area contributed by atoms with Gasteiger partial charge in [0, 0.05) is 30.1 Å². The molecule has 0 saturated heterocycles. The molecule has 1 rings (SSSR count). The molecule has 1 aromatic carbocycles. The van der Waals surface area contributed by atoms with Gasteiger partial charge in [-0.1, -0.05) is 29.3 Å². The van der Waals surface area contributed by atoms with Crippen LogP contribution in [0, 0.1) is 0 Å². The molecule has 0 atom stereocenters. The lowest BCUT2D eigenvalue weighted by Crippen LogP contribution is -2.27. The molecule has 5 heteroatoms. The Morgan fingerprint density at radius 1 is 1.41 bits per heavy atom. The summed E-state index contributed by atoms with van der Waals surface area (Å²) in [5.74, 6) is 0.0883. The van der Waals surface area contributed by atoms with E-state index in [1.165, 1.54) is 0 Å². The van der Waals surface area contributed by atoms with Crippen molar-refractivity contribution < 1.29 is 9.53 Å². The number of hydrogen-bond donors (Lipinski definition) is 1. The Morgan fingerprint density at radius 2 is 2.18 bits per heavy atom. The topological polar surface area (TPSA) is 38.3 Å². The first kappa shape index (κ1) is 14.5. The third-order valence-electron chi connectivity index (χ3n) is 2.21. The lowest BCUT2D eigenvalue weighted by Gasteiger charge is -2.05. The predicted octanol–water partition coefficient (Wildman–Crippen LogP) is 2.34. The van der Waals surface area contributed by atoms with E-state index in [1.54, 1.807) is 25.3 Å². The number of Topliss-reactive ketones (excluding diaryl/α,β-unsaturated/α-hetero) is 1. The van der Waals surface area contributed by atoms with Crippen molar-refractivity contribution in [3.8, 4) is 0 Å². The minimum atomic E-state index is 0.0883. The Balaban J connectivity index is 2.40. The highest BCUT2D eigenvalue weighted by Crippen LogP contribution is 2.21. The predicted molar refractivity (Wildman–Crippen MR) is 69.9 cm³/mol. The molecule has 1 aromatic rings. The van der Waals surface area contributed by atoms with Gasteiger partial charge in [0.1, 0.15) is 0 Å². The molecule has 0 bridgehead atoms. The summed E-state index contributed by atoms with van der Waals surface area (Å²) < 4.78 is 4.86. The molecule has 0 saturated carbocycles. The summed E-state index contributed by atoms with van der Waals surface area (Å²) in [5, 5.41) is 4.10. The van der Waals surface area contributed by atoms with Crippen LogP contribution in [0.25, 0.3) is 0 Å². The first-order valence-electron chi connectivity index (χ1n) is 5.28. The Morgan fingerprint density at radius 3 is 2.82 bits per heavy atom. The summed E-state index contributed by atoms with van der Waals surface area (Å²) in [6, 6.07) is 5.15. The molecule has 17 heavy (non-hydrogen) atoms. The second kappa shape index (κ2) is 7.67. The van der Waals surface area contributed by atoms with Gasteiger partial charge >= 0.3 is 0 Å². The van der Waals surface area contributed by atoms with E-state index in [0.717, 1.165) is 5.56 Å². The van der Waals surface area contributed by atoms with Crippen LogP contribution in [0.2, 0.25) is 10.0 Å². The van der Waals surface area contributed by atoms with E-state index in [4.69, 9.17) is 27.9 Å². The highest BCUT2D eigenvalue weighted by Gasteiger charge is 2.07. The lowest BCUT2D eigenvalue weighted by molar-refractivity contribution is -0.117. The molecular formula is C12H15Cl2NO2. The van der Waals surface area contributed by atoms with Gasteiger partial charge in [-0.2, -0.15) is 0 Å². The molecule has 0 heterocycles. The summed E-state index contributed by atoms with van der Waals surface area (Å²) in [6.45, 7) is 1.58. The summed E-state index contributed by atoms with van der Waals surface area (Å²) in [5.41, 5.74) is 0.801. The number of rotatable bonds is 7. The molecule has 0 aliphatic rings. The van der Waals surface area contributed by atoms with Gasteiger partial charge in [0.15, 0.2) is 5.78 Å². The number of nitrogens with one attached hydrogen (secondary N) is 1. The molecule has 94 valence electrons. The standard InChI is InChI=1S/C12H15Cl2NO2/c1-17-5-4-15-8-11(16)6-9-2-3-10(13)7-12(9)14/h2-3,7,15H,4-6,8H2,1H3. The van der Waals surface area contributed by atoms with Crippen molar-refractivity contribution in [1.29, 1.82) is 0 Å². The van der Waals surface area contributed by atoms with Gasteiger partial charge in [-0.25, -0.2) is 0 Å². The molecule has 0 spiro atoms. The molecule has 0 unspecified atom stereocenters. The average molecular weight is 276 g/mol. The zero-order chi connectivity index (χ0) is 12.7. The molecule has 0 fully saturated rings. The lowest BCUT2D eigenvalue weighted by atomic mass is 10.1. The van der Waals surface area contributed by atoms with Crippen molar-refractivity contribution in [2.45, 2.75) is 6.42 Å². The number of benzene rings is 1. The molecule has 0 aliphatic carbocycles. The zero-order valence-electron chi connectivity index (χ0n) is 9.63. The van der Waals surface area contributed by atoms with E-state index in [9.17, 15) is 4.79 Å². The van der Waals surface area contributed by atoms with Gasteiger partial charge in [-0.15, -0.1) is 0 Å². The minimum absolute atomic E-state index is 0.0883. The van der Waals surface area contributed by atoms with Gasteiger partial charge < -0.3 is 10.1 Å². The average Bonchev–Trinajstić information content (AvgIpc) is 2.28. The summed E-state index contributed by atoms with van der Waals surface area (Å²) in [4.78, 5) is 11.6. The fourth-order valence-electron chi connectivity index (χ4n) is 1.34. The van der Waals surface area contributed by atoms with Gasteiger partial charge in [-0.3, -0.25) is 4.79 Å². The monoisotopic (exact) mass is 275 g/mol. The summed E-state index contributed by atoms with van der Waals surface area (Å²) in [6.07, 6.45) is 0.315. The van der Waals surface area contributed by atoms with E-state index in [-0.39, 0.29) is 5.78 Å². The quantitative estimate of drug-likeness (QED) is 0.777. The van der Waals surface area contributed by atoms with E-state index in [1.807, 2.05) is 0 Å². The SMILES string of the molecule is COCCNCC(=O)Cc1ccc(Cl)cc1Cl.